The second-order valence-electron chi connectivity index (χ2n) is 4.91. The summed E-state index contributed by atoms with van der Waals surface area (Å²) in [5.74, 6) is -0.285. The number of methoxy groups -OCH3 is 1. The van der Waals surface area contributed by atoms with Crippen molar-refractivity contribution in [2.45, 2.75) is 6.18 Å². The highest BCUT2D eigenvalue weighted by Gasteiger charge is 2.30. The molecule has 0 fully saturated rings. The molecule has 0 saturated heterocycles. The molecule has 0 unspecified atom stereocenters. The van der Waals surface area contributed by atoms with E-state index < -0.39 is 17.6 Å². The quantitative estimate of drug-likeness (QED) is 0.683. The van der Waals surface area contributed by atoms with Crippen LogP contribution < -0.4 is 10.1 Å². The van der Waals surface area contributed by atoms with E-state index in [0.29, 0.717) is 16.3 Å². The van der Waals surface area contributed by atoms with Gasteiger partial charge in [-0.05, 0) is 36.4 Å². The first-order valence-corrected chi connectivity index (χ1v) is 7.65. The summed E-state index contributed by atoms with van der Waals surface area (Å²) in [6.45, 7) is 0. The molecule has 2 rings (SSSR count). The zero-order valence-electron chi connectivity index (χ0n) is 12.8. The normalized spacial score (nSPS) is 11.6. The van der Waals surface area contributed by atoms with Crippen LogP contribution in [0.1, 0.15) is 11.1 Å². The van der Waals surface area contributed by atoms with Gasteiger partial charge in [0.25, 0.3) is 0 Å². The summed E-state index contributed by atoms with van der Waals surface area (Å²) >= 11 is 11.9. The van der Waals surface area contributed by atoms with Crippen molar-refractivity contribution < 1.29 is 22.7 Å². The summed E-state index contributed by atoms with van der Waals surface area (Å²) in [7, 11) is 1.41. The van der Waals surface area contributed by atoms with Gasteiger partial charge in [0.1, 0.15) is 5.75 Å². The number of nitrogens with one attached hydrogen (secondary N) is 1. The maximum Gasteiger partial charge on any atom is 0.416 e. The van der Waals surface area contributed by atoms with Crippen LogP contribution in [0.5, 0.6) is 5.75 Å². The molecule has 2 aromatic rings. The average Bonchev–Trinajstić information content (AvgIpc) is 2.52. The first-order chi connectivity index (χ1) is 11.7. The Kier molecular flexibility index (Phi) is 5.98. The van der Waals surface area contributed by atoms with Gasteiger partial charge in [-0.2, -0.15) is 13.2 Å². The van der Waals surface area contributed by atoms with Crippen LogP contribution in [0, 0.1) is 0 Å². The largest absolute Gasteiger partial charge is 0.495 e. The molecule has 0 spiro atoms. The monoisotopic (exact) mass is 389 g/mol. The Morgan fingerprint density at radius 3 is 2.56 bits per heavy atom. The van der Waals surface area contributed by atoms with Gasteiger partial charge in [0, 0.05) is 22.3 Å². The molecule has 0 bridgehead atoms. The molecule has 1 amide bonds. The molecule has 8 heteroatoms. The Bertz CT molecular complexity index is 820. The third-order valence-corrected chi connectivity index (χ3v) is 3.61. The van der Waals surface area contributed by atoms with Gasteiger partial charge >= 0.3 is 6.18 Å². The number of carbonyl (C=O) groups is 1. The van der Waals surface area contributed by atoms with E-state index in [4.69, 9.17) is 27.9 Å². The summed E-state index contributed by atoms with van der Waals surface area (Å²) < 4.78 is 43.1. The fourth-order valence-electron chi connectivity index (χ4n) is 2.04. The Hall–Kier alpha value is -2.18. The van der Waals surface area contributed by atoms with Gasteiger partial charge in [-0.3, -0.25) is 4.79 Å². The maximum absolute atomic E-state index is 12.7. The molecule has 0 aliphatic rings. The van der Waals surface area contributed by atoms with Crippen molar-refractivity contribution in [3.05, 3.63) is 63.6 Å². The molecule has 0 aromatic heterocycles. The molecule has 0 radical (unpaired) electrons. The highest BCUT2D eigenvalue weighted by Crippen LogP contribution is 2.33. The number of alkyl halides is 3. The topological polar surface area (TPSA) is 38.3 Å². The van der Waals surface area contributed by atoms with Crippen molar-refractivity contribution in [2.75, 3.05) is 12.4 Å². The fourth-order valence-corrected chi connectivity index (χ4v) is 2.63. The van der Waals surface area contributed by atoms with Crippen LogP contribution in [0.3, 0.4) is 0 Å². The molecule has 0 atom stereocenters. The number of amides is 1. The molecule has 132 valence electrons. The van der Waals surface area contributed by atoms with E-state index >= 15 is 0 Å². The number of rotatable bonds is 4. The fraction of sp³-hybridized carbons (Fsp3) is 0.118. The summed E-state index contributed by atoms with van der Waals surface area (Å²) in [5.41, 5.74) is -0.364. The summed E-state index contributed by atoms with van der Waals surface area (Å²) in [5, 5.41) is 2.98. The summed E-state index contributed by atoms with van der Waals surface area (Å²) in [4.78, 5) is 11.9. The van der Waals surface area contributed by atoms with Gasteiger partial charge in [0.2, 0.25) is 5.91 Å². The zero-order valence-corrected chi connectivity index (χ0v) is 14.3. The number of benzene rings is 2. The molecule has 0 aliphatic carbocycles. The standard InChI is InChI=1S/C17H12Cl2F3NO2/c1-25-16-10(7-12(18)9-14(16)19)5-6-15(24)23-13-4-2-3-11(8-13)17(20,21)22/h2-9H,1H3,(H,23,24). The predicted octanol–water partition coefficient (Wildman–Crippen LogP) is 5.67. The first kappa shape index (κ1) is 19.1. The average molecular weight is 390 g/mol. The molecular formula is C17H12Cl2F3NO2. The van der Waals surface area contributed by atoms with Crippen molar-refractivity contribution >= 4 is 40.9 Å². The summed E-state index contributed by atoms with van der Waals surface area (Å²) in [6.07, 6.45) is -1.94. The van der Waals surface area contributed by atoms with Crippen molar-refractivity contribution in [2.24, 2.45) is 0 Å². The van der Waals surface area contributed by atoms with Gasteiger partial charge in [-0.1, -0.05) is 29.3 Å². The third kappa shape index (κ3) is 5.14. The van der Waals surface area contributed by atoms with Gasteiger partial charge in [-0.25, -0.2) is 0 Å². The third-order valence-electron chi connectivity index (χ3n) is 3.11. The van der Waals surface area contributed by atoms with Gasteiger partial charge in [0.15, 0.2) is 0 Å². The smallest absolute Gasteiger partial charge is 0.416 e. The van der Waals surface area contributed by atoms with E-state index in [1.165, 1.54) is 31.4 Å². The van der Waals surface area contributed by atoms with Gasteiger partial charge < -0.3 is 10.1 Å². The SMILES string of the molecule is COc1c(Cl)cc(Cl)cc1C=CC(=O)Nc1cccc(C(F)(F)F)c1. The minimum absolute atomic E-state index is 0.0283. The van der Waals surface area contributed by atoms with Crippen LogP contribution in [-0.4, -0.2) is 13.0 Å². The number of anilines is 1. The van der Waals surface area contributed by atoms with Crippen molar-refractivity contribution in [1.82, 2.24) is 0 Å². The van der Waals surface area contributed by atoms with Crippen LogP contribution in [0.4, 0.5) is 18.9 Å². The van der Waals surface area contributed by atoms with Crippen LogP contribution in [0.2, 0.25) is 10.0 Å². The molecule has 0 saturated carbocycles. The highest BCUT2D eigenvalue weighted by molar-refractivity contribution is 6.36. The van der Waals surface area contributed by atoms with E-state index in [-0.39, 0.29) is 10.7 Å². The Morgan fingerprint density at radius 2 is 1.92 bits per heavy atom. The van der Waals surface area contributed by atoms with Crippen molar-refractivity contribution in [3.8, 4) is 5.75 Å². The lowest BCUT2D eigenvalue weighted by molar-refractivity contribution is -0.137. The molecule has 2 aromatic carbocycles. The molecular weight excluding hydrogens is 378 g/mol. The number of hydrogen-bond acceptors (Lipinski definition) is 2. The molecule has 1 N–H and O–H groups in total. The van der Waals surface area contributed by atoms with Crippen LogP contribution in [0.25, 0.3) is 6.08 Å². The van der Waals surface area contributed by atoms with Crippen LogP contribution in [-0.2, 0) is 11.0 Å². The zero-order chi connectivity index (χ0) is 18.6. The van der Waals surface area contributed by atoms with Gasteiger partial charge in [-0.15, -0.1) is 0 Å². The lowest BCUT2D eigenvalue weighted by Crippen LogP contribution is -2.10. The first-order valence-electron chi connectivity index (χ1n) is 6.90. The number of hydrogen-bond donors (Lipinski definition) is 1. The van der Waals surface area contributed by atoms with Crippen LogP contribution >= 0.6 is 23.2 Å². The van der Waals surface area contributed by atoms with E-state index in [1.54, 1.807) is 6.07 Å². The molecule has 0 aliphatic heterocycles. The van der Waals surface area contributed by atoms with E-state index in [9.17, 15) is 18.0 Å². The minimum atomic E-state index is -4.48. The minimum Gasteiger partial charge on any atom is -0.495 e. The maximum atomic E-state index is 12.7. The van der Waals surface area contributed by atoms with Crippen LogP contribution in [0.15, 0.2) is 42.5 Å². The van der Waals surface area contributed by atoms with Gasteiger partial charge in [0.05, 0.1) is 17.7 Å². The molecule has 25 heavy (non-hydrogen) atoms. The Labute approximate surface area is 152 Å². The second-order valence-corrected chi connectivity index (χ2v) is 5.75. The Balaban J connectivity index is 2.17. The Morgan fingerprint density at radius 1 is 1.20 bits per heavy atom. The molecule has 3 nitrogen and oxygen atoms in total. The van der Waals surface area contributed by atoms with E-state index in [0.717, 1.165) is 18.2 Å². The number of ether oxygens (including phenoxy) is 1. The molecule has 0 heterocycles. The number of halogens is 5. The van der Waals surface area contributed by atoms with Crippen molar-refractivity contribution in [1.29, 1.82) is 0 Å². The second kappa shape index (κ2) is 7.80. The summed E-state index contributed by atoms with van der Waals surface area (Å²) in [6, 6.07) is 7.37. The van der Waals surface area contributed by atoms with Crippen molar-refractivity contribution in [3.63, 3.8) is 0 Å². The predicted molar refractivity (Wildman–Crippen MR) is 92.1 cm³/mol. The highest BCUT2D eigenvalue weighted by atomic mass is 35.5. The van der Waals surface area contributed by atoms with E-state index in [1.807, 2.05) is 0 Å². The number of carbonyl (C=O) groups excluding carboxylic acids is 1. The lowest BCUT2D eigenvalue weighted by Gasteiger charge is -2.09. The van der Waals surface area contributed by atoms with E-state index in [2.05, 4.69) is 5.32 Å². The lowest BCUT2D eigenvalue weighted by atomic mass is 10.1.